The Kier molecular flexibility index (Phi) is 5.85. The van der Waals surface area contributed by atoms with Crippen LogP contribution in [0, 0.1) is 6.92 Å². The van der Waals surface area contributed by atoms with Crippen molar-refractivity contribution in [3.63, 3.8) is 0 Å². The highest BCUT2D eigenvalue weighted by Gasteiger charge is 2.13. The first-order chi connectivity index (χ1) is 11.4. The molecule has 0 aliphatic rings. The minimum absolute atomic E-state index is 0.0253. The van der Waals surface area contributed by atoms with Crippen LogP contribution in [0.2, 0.25) is 0 Å². The van der Waals surface area contributed by atoms with E-state index in [2.05, 4.69) is 23.5 Å². The molecule has 24 heavy (non-hydrogen) atoms. The number of hydrogen-bond acceptors (Lipinski definition) is 3. The van der Waals surface area contributed by atoms with Crippen molar-refractivity contribution in [2.45, 2.75) is 33.2 Å². The molecule has 0 saturated heterocycles. The fourth-order valence-electron chi connectivity index (χ4n) is 2.70. The fraction of sp³-hybridized carbons (Fsp3) is 0.350. The average Bonchev–Trinajstić information content (AvgIpc) is 2.53. The Morgan fingerprint density at radius 2 is 1.75 bits per heavy atom. The van der Waals surface area contributed by atoms with Crippen LogP contribution >= 0.6 is 0 Å². The molecule has 128 valence electrons. The lowest BCUT2D eigenvalue weighted by Crippen LogP contribution is -2.31. The maximum Gasteiger partial charge on any atom is 0.224 e. The van der Waals surface area contributed by atoms with E-state index in [0.29, 0.717) is 17.9 Å². The summed E-state index contributed by atoms with van der Waals surface area (Å²) in [5.74, 6) is 1.39. The zero-order valence-electron chi connectivity index (χ0n) is 15.0. The van der Waals surface area contributed by atoms with E-state index in [0.717, 1.165) is 22.3 Å². The van der Waals surface area contributed by atoms with E-state index in [1.165, 1.54) is 0 Å². The van der Waals surface area contributed by atoms with Gasteiger partial charge in [0, 0.05) is 6.04 Å². The second-order valence-electron chi connectivity index (χ2n) is 6.13. The molecule has 1 amide bonds. The van der Waals surface area contributed by atoms with Gasteiger partial charge in [0.05, 0.1) is 20.6 Å². The van der Waals surface area contributed by atoms with Gasteiger partial charge in [0.25, 0.3) is 0 Å². The molecule has 0 aliphatic heterocycles. The summed E-state index contributed by atoms with van der Waals surface area (Å²) in [5, 5.41) is 2.95. The lowest BCUT2D eigenvalue weighted by atomic mass is 9.95. The van der Waals surface area contributed by atoms with Crippen LogP contribution < -0.4 is 14.8 Å². The summed E-state index contributed by atoms with van der Waals surface area (Å²) in [4.78, 5) is 12.2. The molecule has 2 aromatic rings. The Morgan fingerprint density at radius 1 is 1.04 bits per heavy atom. The van der Waals surface area contributed by atoms with E-state index in [4.69, 9.17) is 9.47 Å². The van der Waals surface area contributed by atoms with Gasteiger partial charge in [-0.3, -0.25) is 4.79 Å². The molecule has 0 radical (unpaired) electrons. The highest BCUT2D eigenvalue weighted by atomic mass is 16.5. The van der Waals surface area contributed by atoms with E-state index >= 15 is 0 Å². The minimum atomic E-state index is 0.0253. The maximum atomic E-state index is 12.2. The lowest BCUT2D eigenvalue weighted by Gasteiger charge is -2.14. The molecular formula is C20H25NO3. The first kappa shape index (κ1) is 17.9. The van der Waals surface area contributed by atoms with E-state index in [1.807, 2.05) is 39.0 Å². The Morgan fingerprint density at radius 3 is 2.38 bits per heavy atom. The summed E-state index contributed by atoms with van der Waals surface area (Å²) in [6.07, 6.45) is 0.351. The SMILES string of the molecule is COc1ccc(-c2ccc(C)cc2CC(=O)NC(C)C)cc1OC. The van der Waals surface area contributed by atoms with Crippen molar-refractivity contribution < 1.29 is 14.3 Å². The van der Waals surface area contributed by atoms with Gasteiger partial charge in [0.1, 0.15) is 0 Å². The lowest BCUT2D eigenvalue weighted by molar-refractivity contribution is -0.120. The van der Waals surface area contributed by atoms with Gasteiger partial charge < -0.3 is 14.8 Å². The fourth-order valence-corrected chi connectivity index (χ4v) is 2.70. The van der Waals surface area contributed by atoms with Crippen LogP contribution in [0.15, 0.2) is 36.4 Å². The van der Waals surface area contributed by atoms with Crippen LogP contribution in [0.3, 0.4) is 0 Å². The first-order valence-electron chi connectivity index (χ1n) is 8.06. The van der Waals surface area contributed by atoms with Crippen molar-refractivity contribution in [3.05, 3.63) is 47.5 Å². The second-order valence-corrected chi connectivity index (χ2v) is 6.13. The molecule has 0 fully saturated rings. The summed E-state index contributed by atoms with van der Waals surface area (Å²) in [6, 6.07) is 12.1. The third-order valence-corrected chi connectivity index (χ3v) is 3.76. The molecule has 0 saturated carbocycles. The zero-order valence-corrected chi connectivity index (χ0v) is 15.0. The summed E-state index contributed by atoms with van der Waals surface area (Å²) in [5.41, 5.74) is 4.16. The molecule has 0 atom stereocenters. The number of methoxy groups -OCH3 is 2. The van der Waals surface area contributed by atoms with Crippen molar-refractivity contribution in [2.24, 2.45) is 0 Å². The minimum Gasteiger partial charge on any atom is -0.493 e. The molecular weight excluding hydrogens is 302 g/mol. The predicted octanol–water partition coefficient (Wildman–Crippen LogP) is 3.75. The Bertz CT molecular complexity index is 723. The van der Waals surface area contributed by atoms with Crippen LogP contribution in [-0.4, -0.2) is 26.2 Å². The number of amides is 1. The van der Waals surface area contributed by atoms with Crippen molar-refractivity contribution in [2.75, 3.05) is 14.2 Å². The molecule has 0 spiro atoms. The maximum absolute atomic E-state index is 12.2. The number of rotatable bonds is 6. The molecule has 2 aromatic carbocycles. The van der Waals surface area contributed by atoms with Gasteiger partial charge in [-0.15, -0.1) is 0 Å². The first-order valence-corrected chi connectivity index (χ1v) is 8.06. The average molecular weight is 327 g/mol. The topological polar surface area (TPSA) is 47.6 Å². The van der Waals surface area contributed by atoms with E-state index in [-0.39, 0.29) is 11.9 Å². The van der Waals surface area contributed by atoms with Gasteiger partial charge in [0.2, 0.25) is 5.91 Å². The summed E-state index contributed by atoms with van der Waals surface area (Å²) in [6.45, 7) is 5.95. The van der Waals surface area contributed by atoms with Crippen molar-refractivity contribution in [1.29, 1.82) is 0 Å². The van der Waals surface area contributed by atoms with Gasteiger partial charge in [-0.2, -0.15) is 0 Å². The largest absolute Gasteiger partial charge is 0.493 e. The molecule has 2 rings (SSSR count). The number of benzene rings is 2. The van der Waals surface area contributed by atoms with Crippen LogP contribution in [0.25, 0.3) is 11.1 Å². The Hall–Kier alpha value is -2.49. The van der Waals surface area contributed by atoms with Gasteiger partial charge in [-0.05, 0) is 49.6 Å². The van der Waals surface area contributed by atoms with Crippen molar-refractivity contribution >= 4 is 5.91 Å². The quantitative estimate of drug-likeness (QED) is 0.879. The molecule has 0 bridgehead atoms. The van der Waals surface area contributed by atoms with Crippen LogP contribution in [0.4, 0.5) is 0 Å². The molecule has 4 heteroatoms. The number of carbonyl (C=O) groups is 1. The van der Waals surface area contributed by atoms with Crippen LogP contribution in [0.5, 0.6) is 11.5 Å². The monoisotopic (exact) mass is 327 g/mol. The second kappa shape index (κ2) is 7.86. The highest BCUT2D eigenvalue weighted by Crippen LogP contribution is 2.34. The van der Waals surface area contributed by atoms with E-state index in [9.17, 15) is 4.79 Å². The standard InChI is InChI=1S/C20H25NO3/c1-13(2)21-20(22)12-16-10-14(3)6-8-17(16)15-7-9-18(23-4)19(11-15)24-5/h6-11,13H,12H2,1-5H3,(H,21,22). The van der Waals surface area contributed by atoms with Crippen molar-refractivity contribution in [1.82, 2.24) is 5.32 Å². The number of aryl methyl sites for hydroxylation is 1. The summed E-state index contributed by atoms with van der Waals surface area (Å²) >= 11 is 0. The molecule has 0 unspecified atom stereocenters. The molecule has 0 heterocycles. The summed E-state index contributed by atoms with van der Waals surface area (Å²) in [7, 11) is 3.23. The number of nitrogens with one attached hydrogen (secondary N) is 1. The van der Waals surface area contributed by atoms with Crippen LogP contribution in [-0.2, 0) is 11.2 Å². The van der Waals surface area contributed by atoms with E-state index < -0.39 is 0 Å². The van der Waals surface area contributed by atoms with Crippen molar-refractivity contribution in [3.8, 4) is 22.6 Å². The molecule has 0 aliphatic carbocycles. The smallest absolute Gasteiger partial charge is 0.224 e. The van der Waals surface area contributed by atoms with Gasteiger partial charge in [-0.25, -0.2) is 0 Å². The Balaban J connectivity index is 2.41. The van der Waals surface area contributed by atoms with Gasteiger partial charge in [-0.1, -0.05) is 29.8 Å². The number of carbonyl (C=O) groups excluding carboxylic acids is 1. The third-order valence-electron chi connectivity index (χ3n) is 3.76. The number of hydrogen-bond donors (Lipinski definition) is 1. The predicted molar refractivity (Wildman–Crippen MR) is 96.7 cm³/mol. The number of ether oxygens (including phenoxy) is 2. The van der Waals surface area contributed by atoms with E-state index in [1.54, 1.807) is 14.2 Å². The molecule has 1 N–H and O–H groups in total. The van der Waals surface area contributed by atoms with Gasteiger partial charge >= 0.3 is 0 Å². The van der Waals surface area contributed by atoms with Crippen LogP contribution in [0.1, 0.15) is 25.0 Å². The summed E-state index contributed by atoms with van der Waals surface area (Å²) < 4.78 is 10.7. The molecule has 0 aromatic heterocycles. The highest BCUT2D eigenvalue weighted by molar-refractivity contribution is 5.82. The third kappa shape index (κ3) is 4.28. The Labute approximate surface area is 143 Å². The van der Waals surface area contributed by atoms with Gasteiger partial charge in [0.15, 0.2) is 11.5 Å². The zero-order chi connectivity index (χ0) is 17.7. The molecule has 4 nitrogen and oxygen atoms in total. The normalized spacial score (nSPS) is 10.6.